The molecule has 1 fully saturated rings. The molecule has 2 aromatic rings. The number of hydrogen-bond acceptors (Lipinski definition) is 4. The van der Waals surface area contributed by atoms with Crippen molar-refractivity contribution in [2.24, 2.45) is 0 Å². The lowest BCUT2D eigenvalue weighted by atomic mass is 10.1. The molecule has 0 saturated carbocycles. The number of nitrogens with zero attached hydrogens (tertiary/aromatic N) is 2. The first-order valence-corrected chi connectivity index (χ1v) is 7.87. The van der Waals surface area contributed by atoms with Gasteiger partial charge in [-0.2, -0.15) is 0 Å². The van der Waals surface area contributed by atoms with Gasteiger partial charge in [-0.1, -0.05) is 11.8 Å². The molecule has 1 aliphatic rings. The second kappa shape index (κ2) is 5.89. The van der Waals surface area contributed by atoms with Gasteiger partial charge in [0.2, 0.25) is 5.91 Å². The van der Waals surface area contributed by atoms with Crippen molar-refractivity contribution >= 4 is 33.8 Å². The summed E-state index contributed by atoms with van der Waals surface area (Å²) in [5.41, 5.74) is 2.05. The third-order valence-corrected chi connectivity index (χ3v) is 4.68. The van der Waals surface area contributed by atoms with Gasteiger partial charge in [0, 0.05) is 49.5 Å². The minimum atomic E-state index is 0.0809. The van der Waals surface area contributed by atoms with Crippen molar-refractivity contribution < 1.29 is 9.59 Å². The van der Waals surface area contributed by atoms with Crippen LogP contribution in [0.4, 0.5) is 0 Å². The molecule has 1 unspecified atom stereocenters. The molecule has 1 amide bonds. The predicted molar refractivity (Wildman–Crippen MR) is 83.1 cm³/mol. The summed E-state index contributed by atoms with van der Waals surface area (Å²) < 4.78 is 0. The van der Waals surface area contributed by atoms with Gasteiger partial charge in [-0.05, 0) is 24.1 Å². The number of carbonyl (C=O) groups excluding carboxylic acids is 2. The van der Waals surface area contributed by atoms with Crippen molar-refractivity contribution in [3.8, 4) is 0 Å². The van der Waals surface area contributed by atoms with Gasteiger partial charge < -0.3 is 9.88 Å². The molecule has 110 valence electrons. The Bertz CT molecular complexity index is 682. The van der Waals surface area contributed by atoms with Crippen molar-refractivity contribution in [1.29, 1.82) is 0 Å². The quantitative estimate of drug-likeness (QED) is 0.938. The van der Waals surface area contributed by atoms with Crippen LogP contribution in [0, 0.1) is 0 Å². The molecular weight excluding hydrogens is 286 g/mol. The molecule has 6 heteroatoms. The highest BCUT2D eigenvalue weighted by atomic mass is 32.2. The average molecular weight is 303 g/mol. The summed E-state index contributed by atoms with van der Waals surface area (Å²) >= 11 is 1.28. The number of rotatable bonds is 4. The number of aromatic nitrogens is 2. The maximum atomic E-state index is 12.0. The van der Waals surface area contributed by atoms with Gasteiger partial charge in [0.25, 0.3) is 0 Å². The van der Waals surface area contributed by atoms with Gasteiger partial charge in [-0.25, -0.2) is 4.98 Å². The first-order chi connectivity index (χ1) is 10.1. The fourth-order valence-electron chi connectivity index (χ4n) is 2.74. The van der Waals surface area contributed by atoms with Gasteiger partial charge in [-0.3, -0.25) is 9.59 Å². The van der Waals surface area contributed by atoms with E-state index in [1.54, 1.807) is 13.1 Å². The Labute approximate surface area is 127 Å². The number of hydrogen-bond donors (Lipinski definition) is 1. The molecule has 0 spiro atoms. The van der Waals surface area contributed by atoms with Crippen LogP contribution in [0.25, 0.3) is 11.0 Å². The number of pyridine rings is 1. The molecule has 1 saturated heterocycles. The van der Waals surface area contributed by atoms with Crippen LogP contribution >= 0.6 is 11.8 Å². The molecule has 3 rings (SSSR count). The molecule has 21 heavy (non-hydrogen) atoms. The number of carbonyl (C=O) groups is 2. The van der Waals surface area contributed by atoms with Crippen LogP contribution in [0.5, 0.6) is 0 Å². The summed E-state index contributed by atoms with van der Waals surface area (Å²) in [5.74, 6) is 0.145. The van der Waals surface area contributed by atoms with Crippen LogP contribution in [0.3, 0.4) is 0 Å². The Morgan fingerprint density at radius 2 is 2.43 bits per heavy atom. The van der Waals surface area contributed by atoms with Crippen molar-refractivity contribution in [3.63, 3.8) is 0 Å². The monoisotopic (exact) mass is 303 g/mol. The van der Waals surface area contributed by atoms with Crippen molar-refractivity contribution in [2.45, 2.75) is 25.0 Å². The van der Waals surface area contributed by atoms with E-state index in [-0.39, 0.29) is 16.3 Å². The molecule has 1 aliphatic heterocycles. The molecule has 0 aliphatic carbocycles. The molecular formula is C15H17N3O2S. The molecule has 2 aromatic heterocycles. The SMILES string of the molecule is CC(=O)SC1CC(=O)N(CCc2c[nH]c3ncccc23)C1. The van der Waals surface area contributed by atoms with Crippen molar-refractivity contribution in [3.05, 3.63) is 30.1 Å². The molecule has 0 bridgehead atoms. The zero-order valence-electron chi connectivity index (χ0n) is 11.8. The van der Waals surface area contributed by atoms with Crippen LogP contribution in [-0.4, -0.2) is 44.2 Å². The second-order valence-corrected chi connectivity index (χ2v) is 6.72. The lowest BCUT2D eigenvalue weighted by Crippen LogP contribution is -2.27. The maximum Gasteiger partial charge on any atom is 0.223 e. The average Bonchev–Trinajstić information content (AvgIpc) is 3.00. The fraction of sp³-hybridized carbons (Fsp3) is 0.400. The van der Waals surface area contributed by atoms with Crippen LogP contribution in [0.2, 0.25) is 0 Å². The minimum absolute atomic E-state index is 0.0809. The Kier molecular flexibility index (Phi) is 3.96. The summed E-state index contributed by atoms with van der Waals surface area (Å²) in [5, 5.41) is 1.30. The predicted octanol–water partition coefficient (Wildman–Crippen LogP) is 1.99. The smallest absolute Gasteiger partial charge is 0.223 e. The second-order valence-electron chi connectivity index (χ2n) is 5.24. The van der Waals surface area contributed by atoms with E-state index in [9.17, 15) is 9.59 Å². The van der Waals surface area contributed by atoms with Gasteiger partial charge in [-0.15, -0.1) is 0 Å². The lowest BCUT2D eigenvalue weighted by molar-refractivity contribution is -0.127. The van der Waals surface area contributed by atoms with Crippen LogP contribution in [0.15, 0.2) is 24.5 Å². The Balaban J connectivity index is 1.63. The highest BCUT2D eigenvalue weighted by Gasteiger charge is 2.30. The van der Waals surface area contributed by atoms with E-state index in [1.165, 1.54) is 17.3 Å². The molecule has 1 N–H and O–H groups in total. The normalized spacial score (nSPS) is 18.6. The first-order valence-electron chi connectivity index (χ1n) is 6.99. The van der Waals surface area contributed by atoms with E-state index >= 15 is 0 Å². The van der Waals surface area contributed by atoms with E-state index < -0.39 is 0 Å². The topological polar surface area (TPSA) is 66.1 Å². The Hall–Kier alpha value is -1.82. The van der Waals surface area contributed by atoms with Gasteiger partial charge in [0.15, 0.2) is 5.12 Å². The molecule has 0 radical (unpaired) electrons. The summed E-state index contributed by atoms with van der Waals surface area (Å²) in [4.78, 5) is 32.4. The van der Waals surface area contributed by atoms with Crippen LogP contribution in [-0.2, 0) is 16.0 Å². The van der Waals surface area contributed by atoms with Crippen molar-refractivity contribution in [1.82, 2.24) is 14.9 Å². The highest BCUT2D eigenvalue weighted by molar-refractivity contribution is 8.14. The maximum absolute atomic E-state index is 12.0. The number of nitrogens with one attached hydrogen (secondary N) is 1. The summed E-state index contributed by atoms with van der Waals surface area (Å²) in [6.45, 7) is 2.91. The number of thioether (sulfide) groups is 1. The third-order valence-electron chi connectivity index (χ3n) is 3.70. The van der Waals surface area contributed by atoms with Crippen LogP contribution < -0.4 is 0 Å². The number of fused-ring (bicyclic) bond motifs is 1. The van der Waals surface area contributed by atoms with Crippen LogP contribution in [0.1, 0.15) is 18.9 Å². The molecule has 5 nitrogen and oxygen atoms in total. The van der Waals surface area contributed by atoms with Gasteiger partial charge in [0.1, 0.15) is 5.65 Å². The summed E-state index contributed by atoms with van der Waals surface area (Å²) in [6.07, 6.45) is 4.99. The van der Waals surface area contributed by atoms with E-state index in [4.69, 9.17) is 0 Å². The Morgan fingerprint density at radius 1 is 1.57 bits per heavy atom. The fourth-order valence-corrected chi connectivity index (χ4v) is 3.69. The molecule has 1 atom stereocenters. The third kappa shape index (κ3) is 3.10. The van der Waals surface area contributed by atoms with Gasteiger partial charge in [0.05, 0.1) is 0 Å². The zero-order valence-corrected chi connectivity index (χ0v) is 12.7. The highest BCUT2D eigenvalue weighted by Crippen LogP contribution is 2.25. The number of amides is 1. The first kappa shape index (κ1) is 14.1. The van der Waals surface area contributed by atoms with Crippen molar-refractivity contribution in [2.75, 3.05) is 13.1 Å². The number of likely N-dealkylation sites (tertiary alicyclic amines) is 1. The van der Waals surface area contributed by atoms with Gasteiger partial charge >= 0.3 is 0 Å². The summed E-state index contributed by atoms with van der Waals surface area (Å²) in [6, 6.07) is 3.95. The minimum Gasteiger partial charge on any atom is -0.346 e. The summed E-state index contributed by atoms with van der Waals surface area (Å²) in [7, 11) is 0. The van der Waals surface area contributed by atoms with E-state index in [2.05, 4.69) is 9.97 Å². The Morgan fingerprint density at radius 3 is 3.24 bits per heavy atom. The van der Waals surface area contributed by atoms with E-state index in [0.717, 1.165) is 17.5 Å². The standard InChI is InChI=1S/C15H17N3O2S/c1-10(19)21-12-7-14(20)18(9-12)6-4-11-8-17-15-13(11)3-2-5-16-15/h2-3,5,8,12H,4,6-7,9H2,1H3,(H,16,17). The molecule has 0 aromatic carbocycles. The van der Waals surface area contributed by atoms with E-state index in [1.807, 2.05) is 23.2 Å². The molecule has 3 heterocycles. The largest absolute Gasteiger partial charge is 0.346 e. The van der Waals surface area contributed by atoms with E-state index in [0.29, 0.717) is 19.5 Å². The number of aromatic amines is 1. The number of H-pyrrole nitrogens is 1. The lowest BCUT2D eigenvalue weighted by Gasteiger charge is -2.15. The zero-order chi connectivity index (χ0) is 14.8.